The number of hydrogen-bond donors (Lipinski definition) is 1. The van der Waals surface area contributed by atoms with Gasteiger partial charge < -0.3 is 5.32 Å². The van der Waals surface area contributed by atoms with E-state index in [1.165, 1.54) is 0 Å². The van der Waals surface area contributed by atoms with E-state index in [4.69, 9.17) is 0 Å². The number of amides is 1. The van der Waals surface area contributed by atoms with E-state index >= 15 is 0 Å². The van der Waals surface area contributed by atoms with Gasteiger partial charge in [0.1, 0.15) is 6.04 Å². The Morgan fingerprint density at radius 1 is 2.00 bits per heavy atom. The summed E-state index contributed by atoms with van der Waals surface area (Å²) < 4.78 is 0. The maximum absolute atomic E-state index is 10.8. The summed E-state index contributed by atoms with van der Waals surface area (Å²) in [7, 11) is 0. The van der Waals surface area contributed by atoms with Crippen molar-refractivity contribution in [3.8, 4) is 0 Å². The van der Waals surface area contributed by atoms with E-state index in [9.17, 15) is 4.79 Å². The molecule has 0 spiro atoms. The summed E-state index contributed by atoms with van der Waals surface area (Å²) in [6, 6.07) is -0.126. The molecule has 0 bridgehead atoms. The Kier molecular flexibility index (Phi) is 1.82. The van der Waals surface area contributed by atoms with Gasteiger partial charge in [-0.2, -0.15) is 0 Å². The Labute approximate surface area is 54.2 Å². The highest BCUT2D eigenvalue weighted by molar-refractivity contribution is 5.88. The molecule has 0 saturated carbocycles. The fourth-order valence-electron chi connectivity index (χ4n) is 0.802. The highest BCUT2D eigenvalue weighted by atomic mass is 16.2. The molecule has 0 aromatic heterocycles. The molecular weight excluding hydrogens is 116 g/mol. The molecule has 0 fully saturated rings. The summed E-state index contributed by atoms with van der Waals surface area (Å²) in [6.07, 6.45) is 2.54. The van der Waals surface area contributed by atoms with Crippen LogP contribution in [0, 0.1) is 0 Å². The molecule has 0 aromatic rings. The Morgan fingerprint density at radius 3 is 3.22 bits per heavy atom. The van der Waals surface area contributed by atoms with Crippen LogP contribution < -0.4 is 5.32 Å². The lowest BCUT2D eigenvalue weighted by atomic mass is 10.2. The molecule has 1 aliphatic rings. The lowest BCUT2D eigenvalue weighted by molar-refractivity contribution is -0.122. The number of carbonyl (C=O) groups is 1. The zero-order valence-electron chi connectivity index (χ0n) is 5.42. The number of nitrogens with one attached hydrogen (secondary N) is 1. The third kappa shape index (κ3) is 1.28. The van der Waals surface area contributed by atoms with Crippen molar-refractivity contribution >= 4 is 12.1 Å². The van der Waals surface area contributed by atoms with Gasteiger partial charge in [-0.15, -0.1) is 0 Å². The quantitative estimate of drug-likeness (QED) is 0.526. The lowest BCUT2D eigenvalue weighted by Crippen LogP contribution is -2.38. The first-order valence-electron chi connectivity index (χ1n) is 3.14. The minimum Gasteiger partial charge on any atom is -0.349 e. The molecule has 0 aromatic carbocycles. The van der Waals surface area contributed by atoms with E-state index in [2.05, 4.69) is 10.3 Å². The highest BCUT2D eigenvalue weighted by Crippen LogP contribution is 1.98. The normalized spacial score (nSPS) is 25.9. The van der Waals surface area contributed by atoms with Crippen LogP contribution in [0.1, 0.15) is 13.3 Å². The van der Waals surface area contributed by atoms with Crippen LogP contribution in [0.15, 0.2) is 4.99 Å². The van der Waals surface area contributed by atoms with Gasteiger partial charge in [0.15, 0.2) is 0 Å². The second kappa shape index (κ2) is 2.62. The molecule has 1 N–H and O–H groups in total. The first-order valence-corrected chi connectivity index (χ1v) is 3.14. The van der Waals surface area contributed by atoms with Crippen molar-refractivity contribution in [1.29, 1.82) is 0 Å². The largest absolute Gasteiger partial charge is 0.349 e. The molecule has 1 heterocycles. The van der Waals surface area contributed by atoms with Crippen molar-refractivity contribution in [2.75, 3.05) is 6.54 Å². The molecule has 0 radical (unpaired) electrons. The van der Waals surface area contributed by atoms with Gasteiger partial charge in [0, 0.05) is 6.21 Å². The summed E-state index contributed by atoms with van der Waals surface area (Å²) >= 11 is 0. The van der Waals surface area contributed by atoms with Crippen molar-refractivity contribution in [1.82, 2.24) is 5.32 Å². The minimum absolute atomic E-state index is 0.0556. The van der Waals surface area contributed by atoms with Gasteiger partial charge in [-0.1, -0.05) is 6.92 Å². The molecule has 9 heavy (non-hydrogen) atoms. The zero-order valence-corrected chi connectivity index (χ0v) is 5.42. The van der Waals surface area contributed by atoms with E-state index in [0.717, 1.165) is 6.42 Å². The Balaban J connectivity index is 2.57. The monoisotopic (exact) mass is 126 g/mol. The van der Waals surface area contributed by atoms with Gasteiger partial charge in [-0.05, 0) is 6.42 Å². The molecule has 1 unspecified atom stereocenters. The van der Waals surface area contributed by atoms with Crippen LogP contribution in [-0.4, -0.2) is 24.7 Å². The fraction of sp³-hybridized carbons (Fsp3) is 0.667. The van der Waals surface area contributed by atoms with Gasteiger partial charge in [0.05, 0.1) is 6.54 Å². The average molecular weight is 126 g/mol. The number of carbonyl (C=O) groups excluding carboxylic acids is 1. The molecular formula is C6H10N2O. The third-order valence-corrected chi connectivity index (χ3v) is 1.34. The van der Waals surface area contributed by atoms with Gasteiger partial charge in [-0.25, -0.2) is 0 Å². The summed E-state index contributed by atoms with van der Waals surface area (Å²) in [5.41, 5.74) is 0. The van der Waals surface area contributed by atoms with Crippen molar-refractivity contribution < 1.29 is 4.79 Å². The predicted molar refractivity (Wildman–Crippen MR) is 35.6 cm³/mol. The zero-order chi connectivity index (χ0) is 6.69. The molecule has 0 saturated heterocycles. The maximum atomic E-state index is 10.8. The predicted octanol–water partition coefficient (Wildman–Crippen LogP) is -0.0344. The standard InChI is InChI=1S/C6H10N2O/c1-2-5-6(9)8-4-3-7-5/h3,5H,2,4H2,1H3,(H,8,9). The van der Waals surface area contributed by atoms with Crippen LogP contribution in [0.5, 0.6) is 0 Å². The van der Waals surface area contributed by atoms with Crippen LogP contribution in [-0.2, 0) is 4.79 Å². The van der Waals surface area contributed by atoms with Gasteiger partial charge in [0.25, 0.3) is 0 Å². The van der Waals surface area contributed by atoms with Crippen LogP contribution in [0.4, 0.5) is 0 Å². The van der Waals surface area contributed by atoms with Gasteiger partial charge in [0.2, 0.25) is 5.91 Å². The van der Waals surface area contributed by atoms with E-state index in [0.29, 0.717) is 6.54 Å². The van der Waals surface area contributed by atoms with E-state index in [-0.39, 0.29) is 11.9 Å². The smallest absolute Gasteiger partial charge is 0.245 e. The first-order chi connectivity index (χ1) is 4.34. The second-order valence-corrected chi connectivity index (χ2v) is 2.00. The van der Waals surface area contributed by atoms with Crippen LogP contribution in [0.25, 0.3) is 0 Å². The van der Waals surface area contributed by atoms with E-state index in [1.807, 2.05) is 6.92 Å². The van der Waals surface area contributed by atoms with Gasteiger partial charge in [-0.3, -0.25) is 9.79 Å². The molecule has 50 valence electrons. The van der Waals surface area contributed by atoms with E-state index in [1.54, 1.807) is 6.21 Å². The van der Waals surface area contributed by atoms with Crippen LogP contribution in [0.2, 0.25) is 0 Å². The Morgan fingerprint density at radius 2 is 2.78 bits per heavy atom. The summed E-state index contributed by atoms with van der Waals surface area (Å²) in [5, 5.41) is 2.69. The molecule has 3 heteroatoms. The number of rotatable bonds is 1. The second-order valence-electron chi connectivity index (χ2n) is 2.00. The molecule has 1 atom stereocenters. The van der Waals surface area contributed by atoms with Crippen LogP contribution in [0.3, 0.4) is 0 Å². The van der Waals surface area contributed by atoms with E-state index < -0.39 is 0 Å². The third-order valence-electron chi connectivity index (χ3n) is 1.34. The topological polar surface area (TPSA) is 41.5 Å². The lowest BCUT2D eigenvalue weighted by Gasteiger charge is -2.13. The number of hydrogen-bond acceptors (Lipinski definition) is 2. The summed E-state index contributed by atoms with van der Waals surface area (Å²) in [4.78, 5) is 14.8. The van der Waals surface area contributed by atoms with Crippen molar-refractivity contribution in [3.05, 3.63) is 0 Å². The fourth-order valence-corrected chi connectivity index (χ4v) is 0.802. The highest BCUT2D eigenvalue weighted by Gasteiger charge is 2.15. The maximum Gasteiger partial charge on any atom is 0.245 e. The molecule has 1 rings (SSSR count). The number of aliphatic imine (C=N–C) groups is 1. The number of nitrogens with zero attached hydrogens (tertiary/aromatic N) is 1. The van der Waals surface area contributed by atoms with Crippen molar-refractivity contribution in [2.45, 2.75) is 19.4 Å². The summed E-state index contributed by atoms with van der Waals surface area (Å²) in [6.45, 7) is 2.54. The van der Waals surface area contributed by atoms with Crippen molar-refractivity contribution in [2.24, 2.45) is 4.99 Å². The molecule has 1 aliphatic heterocycles. The van der Waals surface area contributed by atoms with Crippen molar-refractivity contribution in [3.63, 3.8) is 0 Å². The molecule has 1 amide bonds. The average Bonchev–Trinajstić information content (AvgIpc) is 1.89. The Hall–Kier alpha value is -0.860. The van der Waals surface area contributed by atoms with Crippen LogP contribution >= 0.6 is 0 Å². The molecule has 0 aliphatic carbocycles. The minimum atomic E-state index is -0.126. The van der Waals surface area contributed by atoms with Gasteiger partial charge >= 0.3 is 0 Å². The SMILES string of the molecule is CCC1N=CCNC1=O. The Bertz CT molecular complexity index is 142. The molecule has 3 nitrogen and oxygen atoms in total. The summed E-state index contributed by atoms with van der Waals surface area (Å²) in [5.74, 6) is 0.0556. The first kappa shape index (κ1) is 6.26.